The van der Waals surface area contributed by atoms with Gasteiger partial charge in [0.15, 0.2) is 0 Å². The normalized spacial score (nSPS) is 12.2. The van der Waals surface area contributed by atoms with Crippen LogP contribution < -0.4 is 10.5 Å². The number of halogens is 1. The van der Waals surface area contributed by atoms with Gasteiger partial charge in [0.25, 0.3) is 0 Å². The number of para-hydroxylation sites is 1. The Morgan fingerprint density at radius 2 is 2.33 bits per heavy atom. The summed E-state index contributed by atoms with van der Waals surface area (Å²) in [5.41, 5.74) is 6.45. The van der Waals surface area contributed by atoms with Crippen molar-refractivity contribution in [2.45, 2.75) is 12.5 Å². The third-order valence-electron chi connectivity index (χ3n) is 2.00. The monoisotopic (exact) mass is 273 g/mol. The average molecular weight is 274 g/mol. The van der Waals surface area contributed by atoms with Gasteiger partial charge in [-0.1, -0.05) is 12.1 Å². The SMILES string of the molecule is COc1c(Br)cccc1[C@H](N)CC(=O)O. The highest BCUT2D eigenvalue weighted by Crippen LogP contribution is 2.32. The molecule has 1 atom stereocenters. The van der Waals surface area contributed by atoms with Crippen LogP contribution in [-0.4, -0.2) is 18.2 Å². The van der Waals surface area contributed by atoms with Crippen LogP contribution in [0.2, 0.25) is 0 Å². The fourth-order valence-corrected chi connectivity index (χ4v) is 1.87. The largest absolute Gasteiger partial charge is 0.495 e. The summed E-state index contributed by atoms with van der Waals surface area (Å²) in [5, 5.41) is 8.65. The molecule has 15 heavy (non-hydrogen) atoms. The Morgan fingerprint density at radius 1 is 1.67 bits per heavy atom. The quantitative estimate of drug-likeness (QED) is 0.880. The Kier molecular flexibility index (Phi) is 4.11. The molecule has 5 heteroatoms. The number of carboxylic acids is 1. The van der Waals surface area contributed by atoms with Crippen LogP contribution in [0.3, 0.4) is 0 Å². The second kappa shape index (κ2) is 5.14. The van der Waals surface area contributed by atoms with Crippen LogP contribution >= 0.6 is 15.9 Å². The molecule has 0 bridgehead atoms. The van der Waals surface area contributed by atoms with Crippen LogP contribution in [0.5, 0.6) is 5.75 Å². The number of hydrogen-bond donors (Lipinski definition) is 2. The van der Waals surface area contributed by atoms with Gasteiger partial charge < -0.3 is 15.6 Å². The molecule has 0 spiro atoms. The van der Waals surface area contributed by atoms with Crippen molar-refractivity contribution in [3.05, 3.63) is 28.2 Å². The Bertz CT molecular complexity index is 368. The van der Waals surface area contributed by atoms with Crippen LogP contribution in [0, 0.1) is 0 Å². The van der Waals surface area contributed by atoms with Crippen molar-refractivity contribution >= 4 is 21.9 Å². The molecule has 0 aliphatic carbocycles. The lowest BCUT2D eigenvalue weighted by atomic mass is 10.0. The van der Waals surface area contributed by atoms with Crippen molar-refractivity contribution in [2.24, 2.45) is 5.73 Å². The van der Waals surface area contributed by atoms with Gasteiger partial charge in [-0.3, -0.25) is 4.79 Å². The Hall–Kier alpha value is -1.07. The van der Waals surface area contributed by atoms with Crippen molar-refractivity contribution in [1.82, 2.24) is 0 Å². The number of hydrogen-bond acceptors (Lipinski definition) is 3. The lowest BCUT2D eigenvalue weighted by Crippen LogP contribution is -2.16. The molecule has 1 rings (SSSR count). The number of rotatable bonds is 4. The molecule has 0 saturated heterocycles. The second-order valence-corrected chi connectivity index (χ2v) is 3.92. The van der Waals surface area contributed by atoms with Gasteiger partial charge in [0.2, 0.25) is 0 Å². The van der Waals surface area contributed by atoms with Crippen LogP contribution in [-0.2, 0) is 4.79 Å². The molecule has 0 fully saturated rings. The third-order valence-corrected chi connectivity index (χ3v) is 2.62. The van der Waals surface area contributed by atoms with Gasteiger partial charge in [0.05, 0.1) is 18.0 Å². The highest BCUT2D eigenvalue weighted by atomic mass is 79.9. The summed E-state index contributed by atoms with van der Waals surface area (Å²) in [6, 6.07) is 4.81. The predicted octanol–water partition coefficient (Wildman–Crippen LogP) is 1.93. The van der Waals surface area contributed by atoms with Crippen molar-refractivity contribution in [1.29, 1.82) is 0 Å². The van der Waals surface area contributed by atoms with E-state index >= 15 is 0 Å². The number of carboxylic acid groups (broad SMARTS) is 1. The minimum Gasteiger partial charge on any atom is -0.495 e. The summed E-state index contributed by atoms with van der Waals surface area (Å²) in [5.74, 6) is -0.337. The zero-order chi connectivity index (χ0) is 11.4. The van der Waals surface area contributed by atoms with Gasteiger partial charge in [0, 0.05) is 11.6 Å². The van der Waals surface area contributed by atoms with E-state index in [1.165, 1.54) is 7.11 Å². The molecule has 3 N–H and O–H groups in total. The number of aliphatic carboxylic acids is 1. The summed E-state index contributed by atoms with van der Waals surface area (Å²) < 4.78 is 5.93. The summed E-state index contributed by atoms with van der Waals surface area (Å²) in [4.78, 5) is 10.5. The molecular formula is C10H12BrNO3. The van der Waals surface area contributed by atoms with Gasteiger partial charge in [-0.25, -0.2) is 0 Å². The van der Waals surface area contributed by atoms with Crippen molar-refractivity contribution in [2.75, 3.05) is 7.11 Å². The summed E-state index contributed by atoms with van der Waals surface area (Å²) >= 11 is 3.31. The van der Waals surface area contributed by atoms with Crippen molar-refractivity contribution in [3.8, 4) is 5.75 Å². The first kappa shape index (κ1) is 12.0. The molecule has 0 unspecified atom stereocenters. The number of methoxy groups -OCH3 is 1. The average Bonchev–Trinajstić information content (AvgIpc) is 2.16. The maximum atomic E-state index is 10.5. The zero-order valence-corrected chi connectivity index (χ0v) is 9.82. The zero-order valence-electron chi connectivity index (χ0n) is 8.24. The molecule has 0 aromatic heterocycles. The first-order valence-corrected chi connectivity index (χ1v) is 5.15. The number of benzene rings is 1. The van der Waals surface area contributed by atoms with Crippen LogP contribution in [0.1, 0.15) is 18.0 Å². The van der Waals surface area contributed by atoms with Crippen LogP contribution in [0.15, 0.2) is 22.7 Å². The van der Waals surface area contributed by atoms with E-state index in [1.54, 1.807) is 12.1 Å². The lowest BCUT2D eigenvalue weighted by Gasteiger charge is -2.14. The van der Waals surface area contributed by atoms with Gasteiger partial charge in [-0.15, -0.1) is 0 Å². The van der Waals surface area contributed by atoms with E-state index in [0.717, 1.165) is 4.47 Å². The van der Waals surface area contributed by atoms with Crippen LogP contribution in [0.25, 0.3) is 0 Å². The first-order chi connectivity index (χ1) is 7.06. The number of carbonyl (C=O) groups is 1. The molecule has 0 aliphatic heterocycles. The van der Waals surface area contributed by atoms with E-state index in [9.17, 15) is 4.79 Å². The second-order valence-electron chi connectivity index (χ2n) is 3.07. The first-order valence-electron chi connectivity index (χ1n) is 4.36. The van der Waals surface area contributed by atoms with E-state index in [4.69, 9.17) is 15.6 Å². The molecule has 1 aromatic rings. The molecule has 1 aromatic carbocycles. The van der Waals surface area contributed by atoms with E-state index in [1.807, 2.05) is 6.07 Å². The lowest BCUT2D eigenvalue weighted by molar-refractivity contribution is -0.137. The molecule has 4 nitrogen and oxygen atoms in total. The smallest absolute Gasteiger partial charge is 0.305 e. The topological polar surface area (TPSA) is 72.5 Å². The molecule has 0 aliphatic rings. The van der Waals surface area contributed by atoms with Crippen molar-refractivity contribution in [3.63, 3.8) is 0 Å². The summed E-state index contributed by atoms with van der Waals surface area (Å²) in [6.07, 6.45) is -0.118. The summed E-state index contributed by atoms with van der Waals surface area (Å²) in [6.45, 7) is 0. The Labute approximate surface area is 96.2 Å². The molecule has 0 radical (unpaired) electrons. The minimum atomic E-state index is -0.926. The fourth-order valence-electron chi connectivity index (χ4n) is 1.33. The Balaban J connectivity index is 3.02. The number of nitrogens with two attached hydrogens (primary N) is 1. The highest BCUT2D eigenvalue weighted by molar-refractivity contribution is 9.10. The molecule has 0 saturated carbocycles. The molecule has 82 valence electrons. The van der Waals surface area contributed by atoms with Crippen LogP contribution in [0.4, 0.5) is 0 Å². The van der Waals surface area contributed by atoms with Gasteiger partial charge in [-0.05, 0) is 22.0 Å². The molecule has 0 amide bonds. The predicted molar refractivity (Wildman–Crippen MR) is 59.9 cm³/mol. The van der Waals surface area contributed by atoms with Gasteiger partial charge in [0.1, 0.15) is 5.75 Å². The van der Waals surface area contributed by atoms with Gasteiger partial charge >= 0.3 is 5.97 Å². The number of ether oxygens (including phenoxy) is 1. The Morgan fingerprint density at radius 3 is 2.87 bits per heavy atom. The minimum absolute atomic E-state index is 0.118. The summed E-state index contributed by atoms with van der Waals surface area (Å²) in [7, 11) is 1.52. The maximum Gasteiger partial charge on any atom is 0.305 e. The van der Waals surface area contributed by atoms with E-state index in [0.29, 0.717) is 11.3 Å². The van der Waals surface area contributed by atoms with E-state index in [-0.39, 0.29) is 6.42 Å². The van der Waals surface area contributed by atoms with Crippen molar-refractivity contribution < 1.29 is 14.6 Å². The third kappa shape index (κ3) is 2.94. The van der Waals surface area contributed by atoms with E-state index < -0.39 is 12.0 Å². The molecular weight excluding hydrogens is 262 g/mol. The van der Waals surface area contributed by atoms with E-state index in [2.05, 4.69) is 15.9 Å². The standard InChI is InChI=1S/C10H12BrNO3/c1-15-10-6(3-2-4-7(10)11)8(12)5-9(13)14/h2-4,8H,5,12H2,1H3,(H,13,14)/t8-/m1/s1. The fraction of sp³-hybridized carbons (Fsp3) is 0.300. The highest BCUT2D eigenvalue weighted by Gasteiger charge is 2.16. The maximum absolute atomic E-state index is 10.5. The molecule has 0 heterocycles. The van der Waals surface area contributed by atoms with Gasteiger partial charge in [-0.2, -0.15) is 0 Å².